The van der Waals surface area contributed by atoms with Crippen LogP contribution in [0.2, 0.25) is 0 Å². The maximum absolute atomic E-state index is 14.5. The number of carbonyl (C=O) groups is 1. The van der Waals surface area contributed by atoms with Crippen molar-refractivity contribution in [1.29, 1.82) is 0 Å². The molecule has 7 rings (SSSR count). The Morgan fingerprint density at radius 1 is 0.956 bits per heavy atom. The van der Waals surface area contributed by atoms with Gasteiger partial charge < -0.3 is 23.6 Å². The third kappa shape index (κ3) is 4.74. The molecule has 1 amide bonds. The van der Waals surface area contributed by atoms with Gasteiger partial charge >= 0.3 is 0 Å². The van der Waals surface area contributed by atoms with Gasteiger partial charge in [0, 0.05) is 36.7 Å². The van der Waals surface area contributed by atoms with Gasteiger partial charge in [-0.25, -0.2) is 17.8 Å². The molecule has 0 fully saturated rings. The highest BCUT2D eigenvalue weighted by atomic mass is 32.2. The van der Waals surface area contributed by atoms with Crippen LogP contribution in [0.3, 0.4) is 0 Å². The van der Waals surface area contributed by atoms with E-state index in [4.69, 9.17) is 18.3 Å². The van der Waals surface area contributed by atoms with Gasteiger partial charge in [-0.2, -0.15) is 0 Å². The van der Waals surface area contributed by atoms with Crippen LogP contribution in [0.5, 0.6) is 11.5 Å². The van der Waals surface area contributed by atoms with Crippen molar-refractivity contribution in [1.82, 2.24) is 10.3 Å². The summed E-state index contributed by atoms with van der Waals surface area (Å²) in [6, 6.07) is 18.7. The second kappa shape index (κ2) is 10.4. The summed E-state index contributed by atoms with van der Waals surface area (Å²) in [7, 11) is -0.789. The van der Waals surface area contributed by atoms with Gasteiger partial charge in [-0.3, -0.25) is 9.10 Å². The number of ether oxygens (including phenoxy) is 2. The van der Waals surface area contributed by atoms with Crippen molar-refractivity contribution in [2.24, 2.45) is 0 Å². The second-order valence-corrected chi connectivity index (χ2v) is 12.7. The first-order valence-corrected chi connectivity index (χ1v) is 15.7. The molecule has 1 aliphatic rings. The lowest BCUT2D eigenvalue weighted by Gasteiger charge is -2.21. The average molecular weight is 628 g/mol. The van der Waals surface area contributed by atoms with Gasteiger partial charge in [0.2, 0.25) is 22.7 Å². The fourth-order valence-electron chi connectivity index (χ4n) is 5.42. The summed E-state index contributed by atoms with van der Waals surface area (Å²) in [6.07, 6.45) is 1.09. The summed E-state index contributed by atoms with van der Waals surface area (Å²) in [5.74, 6) is 0.224. The minimum absolute atomic E-state index is 0.0572. The number of aryl methyl sites for hydroxylation is 1. The molecule has 10 nitrogen and oxygen atoms in total. The van der Waals surface area contributed by atoms with Gasteiger partial charge in [0.1, 0.15) is 16.9 Å². The Labute approximate surface area is 257 Å². The topological polar surface area (TPSA) is 124 Å². The van der Waals surface area contributed by atoms with Crippen molar-refractivity contribution in [2.45, 2.75) is 6.92 Å². The molecule has 1 N–H and O–H groups in total. The number of fused-ring (bicyclic) bond motifs is 3. The maximum atomic E-state index is 14.5. The van der Waals surface area contributed by atoms with Gasteiger partial charge in [0.25, 0.3) is 5.91 Å². The molecule has 12 heteroatoms. The third-order valence-corrected chi connectivity index (χ3v) is 8.99. The number of para-hydroxylation sites is 1. The van der Waals surface area contributed by atoms with Crippen molar-refractivity contribution < 1.29 is 35.9 Å². The highest BCUT2D eigenvalue weighted by molar-refractivity contribution is 7.92. The fraction of sp³-hybridized carbons (Fsp3) is 0.152. The lowest BCUT2D eigenvalue weighted by Crippen LogP contribution is -2.25. The number of nitrogens with zero attached hydrogens (tertiary/aromatic N) is 2. The van der Waals surface area contributed by atoms with Gasteiger partial charge in [-0.1, -0.05) is 35.9 Å². The molecule has 0 radical (unpaired) electrons. The van der Waals surface area contributed by atoms with Crippen LogP contribution in [0.15, 0.2) is 75.6 Å². The van der Waals surface area contributed by atoms with Gasteiger partial charge in [0.15, 0.2) is 22.9 Å². The number of hydrogen-bond donors (Lipinski definition) is 1. The lowest BCUT2D eigenvalue weighted by atomic mass is 9.96. The predicted molar refractivity (Wildman–Crippen MR) is 168 cm³/mol. The number of rotatable bonds is 6. The van der Waals surface area contributed by atoms with E-state index in [0.717, 1.165) is 16.1 Å². The Hall–Kier alpha value is -5.36. The normalized spacial score (nSPS) is 12.6. The van der Waals surface area contributed by atoms with E-state index in [0.29, 0.717) is 56.0 Å². The van der Waals surface area contributed by atoms with E-state index >= 15 is 0 Å². The van der Waals surface area contributed by atoms with E-state index < -0.39 is 15.8 Å². The zero-order chi connectivity index (χ0) is 31.6. The molecule has 0 saturated heterocycles. The summed E-state index contributed by atoms with van der Waals surface area (Å²) in [5, 5.41) is 3.16. The van der Waals surface area contributed by atoms with Crippen LogP contribution in [0.4, 0.5) is 10.1 Å². The van der Waals surface area contributed by atoms with Gasteiger partial charge in [-0.15, -0.1) is 0 Å². The van der Waals surface area contributed by atoms with Crippen molar-refractivity contribution in [3.63, 3.8) is 0 Å². The van der Waals surface area contributed by atoms with E-state index in [1.165, 1.54) is 26.2 Å². The molecule has 0 bridgehead atoms. The Morgan fingerprint density at radius 2 is 1.73 bits per heavy atom. The van der Waals surface area contributed by atoms with E-state index in [-0.39, 0.29) is 35.4 Å². The SMILES string of the molecule is CNC(=O)c1c(-c2ccc(C)cc2)oc2cc(N(C)S(C)(=O)=O)c(-c3cc4c(c(-c5nc6c(F)cccc6o5)c3)OCO4)cc12. The highest BCUT2D eigenvalue weighted by Gasteiger charge is 2.29. The van der Waals surface area contributed by atoms with E-state index in [2.05, 4.69) is 10.3 Å². The molecule has 6 aromatic rings. The number of carbonyl (C=O) groups excluding carboxylic acids is 1. The number of aromatic nitrogens is 1. The van der Waals surface area contributed by atoms with Gasteiger partial charge in [-0.05, 0) is 42.8 Å². The highest BCUT2D eigenvalue weighted by Crippen LogP contribution is 2.48. The molecule has 45 heavy (non-hydrogen) atoms. The molecule has 0 saturated carbocycles. The number of oxazole rings is 1. The first kappa shape index (κ1) is 28.4. The lowest BCUT2D eigenvalue weighted by molar-refractivity contribution is 0.0964. The standard InChI is InChI=1S/C33H26FN3O7S/c1-17-8-10-18(11-9-17)30-28(32(38)35-2)21-14-20(24(15-26(21)43-30)37(3)45(4,39)40)19-12-22(31-27(13-19)41-16-42-31)33-36-29-23(34)6-5-7-25(29)44-33/h5-15H,16H2,1-4H3,(H,35,38). The number of halogens is 1. The average Bonchev–Trinajstić information content (AvgIpc) is 3.76. The molecule has 0 unspecified atom stereocenters. The Morgan fingerprint density at radius 3 is 2.44 bits per heavy atom. The summed E-state index contributed by atoms with van der Waals surface area (Å²) in [5.41, 5.74) is 4.24. The number of amides is 1. The molecule has 3 heterocycles. The number of benzene rings is 4. The van der Waals surface area contributed by atoms with Crippen LogP contribution in [-0.4, -0.2) is 46.5 Å². The molecule has 4 aromatic carbocycles. The van der Waals surface area contributed by atoms with Crippen molar-refractivity contribution >= 4 is 43.7 Å². The quantitative estimate of drug-likeness (QED) is 0.222. The van der Waals surface area contributed by atoms with Crippen LogP contribution in [0, 0.1) is 12.7 Å². The summed E-state index contributed by atoms with van der Waals surface area (Å²) in [6.45, 7) is 1.89. The summed E-state index contributed by atoms with van der Waals surface area (Å²) >= 11 is 0. The number of nitrogens with one attached hydrogen (secondary N) is 1. The summed E-state index contributed by atoms with van der Waals surface area (Å²) < 4.78 is 65.1. The van der Waals surface area contributed by atoms with Crippen LogP contribution < -0.4 is 19.1 Å². The zero-order valence-electron chi connectivity index (χ0n) is 24.6. The predicted octanol–water partition coefficient (Wildman–Crippen LogP) is 6.51. The first-order valence-electron chi connectivity index (χ1n) is 13.9. The van der Waals surface area contributed by atoms with Crippen LogP contribution >= 0.6 is 0 Å². The second-order valence-electron chi connectivity index (χ2n) is 10.7. The molecule has 0 atom stereocenters. The van der Waals surface area contributed by atoms with Gasteiger partial charge in [0.05, 0.1) is 23.1 Å². The molecule has 228 valence electrons. The Bertz CT molecular complexity index is 2270. The monoisotopic (exact) mass is 627 g/mol. The molecule has 0 spiro atoms. The Kier molecular flexibility index (Phi) is 6.55. The number of furan rings is 1. The first-order chi connectivity index (χ1) is 21.5. The van der Waals surface area contributed by atoms with Crippen LogP contribution in [-0.2, 0) is 10.0 Å². The molecule has 0 aliphatic carbocycles. The minimum Gasteiger partial charge on any atom is -0.455 e. The molecule has 2 aromatic heterocycles. The third-order valence-electron chi connectivity index (χ3n) is 7.79. The number of hydrogen-bond acceptors (Lipinski definition) is 8. The largest absolute Gasteiger partial charge is 0.455 e. The minimum atomic E-state index is -3.75. The van der Waals surface area contributed by atoms with Crippen molar-refractivity contribution in [3.8, 4) is 45.4 Å². The van der Waals surface area contributed by atoms with E-state index in [1.54, 1.807) is 30.3 Å². The summed E-state index contributed by atoms with van der Waals surface area (Å²) in [4.78, 5) is 17.7. The van der Waals surface area contributed by atoms with Crippen molar-refractivity contribution in [2.75, 3.05) is 31.4 Å². The Balaban J connectivity index is 1.52. The van der Waals surface area contributed by atoms with Crippen molar-refractivity contribution in [3.05, 3.63) is 83.7 Å². The number of sulfonamides is 1. The molecular formula is C33H26FN3O7S. The van der Waals surface area contributed by atoms with Crippen LogP contribution in [0.1, 0.15) is 15.9 Å². The zero-order valence-corrected chi connectivity index (χ0v) is 25.4. The molecule has 1 aliphatic heterocycles. The van der Waals surface area contributed by atoms with E-state index in [1.807, 2.05) is 31.2 Å². The number of anilines is 1. The smallest absolute Gasteiger partial charge is 0.255 e. The maximum Gasteiger partial charge on any atom is 0.255 e. The van der Waals surface area contributed by atoms with Crippen LogP contribution in [0.25, 0.3) is 56.0 Å². The molecular weight excluding hydrogens is 601 g/mol. The fourth-order valence-corrected chi connectivity index (χ4v) is 5.92. The van der Waals surface area contributed by atoms with E-state index in [9.17, 15) is 17.6 Å².